The normalized spacial score (nSPS) is 24.2. The van der Waals surface area contributed by atoms with E-state index in [1.165, 1.54) is 41.1 Å². The van der Waals surface area contributed by atoms with Crippen molar-refractivity contribution in [1.82, 2.24) is 15.2 Å². The Morgan fingerprint density at radius 1 is 1.12 bits per heavy atom. The number of amides is 1. The second-order valence-electron chi connectivity index (χ2n) is 7.62. The van der Waals surface area contributed by atoms with Crippen LogP contribution in [0.5, 0.6) is 10.9 Å². The Labute approximate surface area is 191 Å². The molecule has 2 unspecified atom stereocenters. The molecule has 0 spiro atoms. The number of ether oxygens (including phenoxy) is 3. The third-order valence-corrected chi connectivity index (χ3v) is 7.96. The molecule has 3 N–H and O–H groups in total. The number of benzene rings is 2. The van der Waals surface area contributed by atoms with Crippen molar-refractivity contribution < 1.29 is 37.4 Å². The van der Waals surface area contributed by atoms with Crippen molar-refractivity contribution in [2.75, 3.05) is 0 Å². The number of carbonyl (C=O) groups is 2. The number of para-hydroxylation sites is 1. The number of nitrogens with one attached hydrogen (secondary N) is 2. The summed E-state index contributed by atoms with van der Waals surface area (Å²) in [5.74, 6) is -0.595. The number of aromatic nitrogens is 1. The molecule has 2 atom stereocenters. The van der Waals surface area contributed by atoms with Crippen LogP contribution in [0, 0.1) is 0 Å². The summed E-state index contributed by atoms with van der Waals surface area (Å²) >= 11 is 1.36. The van der Waals surface area contributed by atoms with Crippen LogP contribution in [-0.2, 0) is 24.3 Å². The van der Waals surface area contributed by atoms with E-state index < -0.39 is 39.8 Å². The average Bonchev–Trinajstić information content (AvgIpc) is 3.43. The molecule has 2 heterocycles. The van der Waals surface area contributed by atoms with E-state index >= 15 is 0 Å². The molecular formula is C20H17N3O8S2. The third-order valence-electron chi connectivity index (χ3n) is 5.49. The van der Waals surface area contributed by atoms with Crippen molar-refractivity contribution in [2.45, 2.75) is 35.5 Å². The Kier molecular flexibility index (Phi) is 5.20. The highest BCUT2D eigenvalue weighted by Gasteiger charge is 2.58. The summed E-state index contributed by atoms with van der Waals surface area (Å²) in [6, 6.07) is 13.1. The molecule has 33 heavy (non-hydrogen) atoms. The quantitative estimate of drug-likeness (QED) is 0.268. The lowest BCUT2D eigenvalue weighted by Gasteiger charge is -2.27. The van der Waals surface area contributed by atoms with Crippen LogP contribution in [0.15, 0.2) is 53.4 Å². The summed E-state index contributed by atoms with van der Waals surface area (Å²) in [5, 5.41) is 9.58. The van der Waals surface area contributed by atoms with Crippen LogP contribution in [0.2, 0.25) is 0 Å². The van der Waals surface area contributed by atoms with Gasteiger partial charge >= 0.3 is 6.16 Å². The number of hydrogen-bond acceptors (Lipinski definition) is 10. The van der Waals surface area contributed by atoms with E-state index in [2.05, 4.69) is 9.71 Å². The first-order valence-electron chi connectivity index (χ1n) is 9.77. The number of rotatable bonds is 6. The molecule has 5 rings (SSSR count). The lowest BCUT2D eigenvalue weighted by Crippen LogP contribution is -2.57. The molecule has 2 aromatic carbocycles. The number of carbonyl (C=O) groups excluding carboxylic acids is 2. The Bertz CT molecular complexity index is 1290. The smallest absolute Gasteiger partial charge is 0.431 e. The molecule has 1 saturated heterocycles. The van der Waals surface area contributed by atoms with Crippen molar-refractivity contribution in [3.05, 3.63) is 48.5 Å². The molecule has 3 aromatic rings. The van der Waals surface area contributed by atoms with Gasteiger partial charge in [0.15, 0.2) is 0 Å². The minimum Gasteiger partial charge on any atom is -0.431 e. The summed E-state index contributed by atoms with van der Waals surface area (Å²) in [6.07, 6.45) is -2.86. The third kappa shape index (κ3) is 3.99. The molecule has 1 amide bonds. The van der Waals surface area contributed by atoms with Crippen molar-refractivity contribution in [1.29, 1.82) is 0 Å². The minimum absolute atomic E-state index is 0.126. The van der Waals surface area contributed by atoms with Gasteiger partial charge in [-0.3, -0.25) is 10.0 Å². The van der Waals surface area contributed by atoms with E-state index in [9.17, 15) is 18.0 Å². The Balaban J connectivity index is 1.34. The Morgan fingerprint density at radius 3 is 2.42 bits per heavy atom. The van der Waals surface area contributed by atoms with Crippen LogP contribution in [0.1, 0.15) is 12.8 Å². The molecule has 0 radical (unpaired) electrons. The van der Waals surface area contributed by atoms with Gasteiger partial charge in [0, 0.05) is 12.8 Å². The number of fused-ring (bicyclic) bond motifs is 2. The van der Waals surface area contributed by atoms with E-state index in [1.54, 1.807) is 0 Å². The van der Waals surface area contributed by atoms with Gasteiger partial charge in [-0.15, -0.1) is 0 Å². The Hall–Kier alpha value is -3.26. The largest absolute Gasteiger partial charge is 0.509 e. The molecular weight excluding hydrogens is 474 g/mol. The summed E-state index contributed by atoms with van der Waals surface area (Å²) in [4.78, 5) is 27.9. The van der Waals surface area contributed by atoms with Crippen molar-refractivity contribution >= 4 is 43.6 Å². The predicted octanol–water partition coefficient (Wildman–Crippen LogP) is 2.31. The molecule has 1 aliphatic carbocycles. The molecule has 1 aliphatic heterocycles. The molecule has 2 fully saturated rings. The number of sulfonamides is 1. The van der Waals surface area contributed by atoms with Gasteiger partial charge in [0.2, 0.25) is 10.0 Å². The minimum atomic E-state index is -4.20. The van der Waals surface area contributed by atoms with Gasteiger partial charge < -0.3 is 14.2 Å². The SMILES string of the molecule is O=C1OC2CC(NS(=O)(=O)c3ccc(Oc4nc5ccccc5s4)cc3)(C(=O)NO)CC2O1. The molecule has 172 valence electrons. The number of nitrogens with zero attached hydrogens (tertiary/aromatic N) is 1. The zero-order valence-electron chi connectivity index (χ0n) is 16.8. The fourth-order valence-electron chi connectivity index (χ4n) is 3.96. The van der Waals surface area contributed by atoms with Gasteiger partial charge in [0.25, 0.3) is 11.1 Å². The van der Waals surface area contributed by atoms with E-state index in [0.29, 0.717) is 10.9 Å². The van der Waals surface area contributed by atoms with Gasteiger partial charge in [-0.05, 0) is 36.4 Å². The van der Waals surface area contributed by atoms with Crippen molar-refractivity contribution in [2.24, 2.45) is 0 Å². The summed E-state index contributed by atoms with van der Waals surface area (Å²) in [7, 11) is -4.20. The molecule has 11 nitrogen and oxygen atoms in total. The van der Waals surface area contributed by atoms with E-state index in [1.807, 2.05) is 24.3 Å². The maximum absolute atomic E-state index is 13.0. The first-order valence-corrected chi connectivity index (χ1v) is 12.1. The number of hydrogen-bond donors (Lipinski definition) is 3. The van der Waals surface area contributed by atoms with E-state index in [0.717, 1.165) is 10.2 Å². The topological polar surface area (TPSA) is 153 Å². The van der Waals surface area contributed by atoms with E-state index in [4.69, 9.17) is 19.4 Å². The predicted molar refractivity (Wildman–Crippen MR) is 113 cm³/mol. The molecule has 1 aromatic heterocycles. The lowest BCUT2D eigenvalue weighted by atomic mass is 9.98. The zero-order valence-corrected chi connectivity index (χ0v) is 18.4. The standard InChI is InChI=1S/C20H17N3O8S2/c24-17(22-26)20(9-14-15(10-20)31-19(25)30-14)23-33(27,28)12-7-5-11(6-8-12)29-18-21-13-3-1-2-4-16(13)32-18/h1-8,14-15,23,26H,9-10H2,(H,22,24). The maximum atomic E-state index is 13.0. The Morgan fingerprint density at radius 2 is 1.79 bits per heavy atom. The molecule has 0 bridgehead atoms. The monoisotopic (exact) mass is 491 g/mol. The van der Waals surface area contributed by atoms with Gasteiger partial charge in [0.1, 0.15) is 23.5 Å². The molecule has 2 aliphatic rings. The lowest BCUT2D eigenvalue weighted by molar-refractivity contribution is -0.136. The fraction of sp³-hybridized carbons (Fsp3) is 0.250. The van der Waals surface area contributed by atoms with Gasteiger partial charge in [-0.1, -0.05) is 23.5 Å². The average molecular weight is 492 g/mol. The van der Waals surface area contributed by atoms with Gasteiger partial charge in [-0.25, -0.2) is 23.7 Å². The molecule has 13 heteroatoms. The second kappa shape index (κ2) is 7.95. The van der Waals surface area contributed by atoms with Crippen LogP contribution in [0.4, 0.5) is 4.79 Å². The first kappa shape index (κ1) is 21.6. The number of hydroxylamine groups is 1. The zero-order chi connectivity index (χ0) is 23.2. The van der Waals surface area contributed by atoms with Crippen molar-refractivity contribution in [3.63, 3.8) is 0 Å². The molecule has 1 saturated carbocycles. The van der Waals surface area contributed by atoms with Gasteiger partial charge in [0.05, 0.1) is 15.1 Å². The van der Waals surface area contributed by atoms with E-state index in [-0.39, 0.29) is 17.7 Å². The van der Waals surface area contributed by atoms with Crippen LogP contribution >= 0.6 is 11.3 Å². The second-order valence-corrected chi connectivity index (χ2v) is 10.3. The van der Waals surface area contributed by atoms with Crippen molar-refractivity contribution in [3.8, 4) is 10.9 Å². The maximum Gasteiger partial charge on any atom is 0.509 e. The fourth-order valence-corrected chi connectivity index (χ4v) is 6.18. The highest BCUT2D eigenvalue weighted by Crippen LogP contribution is 2.39. The summed E-state index contributed by atoms with van der Waals surface area (Å²) < 4.78 is 45.0. The van der Waals surface area contributed by atoms with Crippen LogP contribution in [-0.4, -0.2) is 48.4 Å². The summed E-state index contributed by atoms with van der Waals surface area (Å²) in [6.45, 7) is 0. The number of thiazole rings is 1. The van der Waals surface area contributed by atoms with Crippen LogP contribution in [0.3, 0.4) is 0 Å². The van der Waals surface area contributed by atoms with Gasteiger partial charge in [-0.2, -0.15) is 4.72 Å². The van der Waals surface area contributed by atoms with Crippen LogP contribution in [0.25, 0.3) is 10.2 Å². The summed E-state index contributed by atoms with van der Waals surface area (Å²) in [5.41, 5.74) is 0.527. The highest BCUT2D eigenvalue weighted by atomic mass is 32.2. The first-order chi connectivity index (χ1) is 15.8. The van der Waals surface area contributed by atoms with Crippen LogP contribution < -0.4 is 14.9 Å². The highest BCUT2D eigenvalue weighted by molar-refractivity contribution is 7.89.